The summed E-state index contributed by atoms with van der Waals surface area (Å²) in [5.74, 6) is -0.737. The van der Waals surface area contributed by atoms with Crippen LogP contribution in [-0.4, -0.2) is 25.0 Å². The van der Waals surface area contributed by atoms with Gasteiger partial charge < -0.3 is 9.64 Å². The van der Waals surface area contributed by atoms with E-state index in [1.807, 2.05) is 30.3 Å². The molecule has 0 aliphatic rings. The van der Waals surface area contributed by atoms with E-state index in [9.17, 15) is 13.6 Å². The summed E-state index contributed by atoms with van der Waals surface area (Å²) < 4.78 is 33.1. The highest BCUT2D eigenvalue weighted by molar-refractivity contribution is 5.96. The Bertz CT molecular complexity index is 989. The third-order valence-corrected chi connectivity index (χ3v) is 4.84. The number of benzene rings is 3. The number of amides is 1. The summed E-state index contributed by atoms with van der Waals surface area (Å²) in [7, 11) is 3.15. The molecule has 0 saturated heterocycles. The third kappa shape index (κ3) is 3.88. The van der Waals surface area contributed by atoms with Crippen LogP contribution in [0.2, 0.25) is 0 Å². The van der Waals surface area contributed by atoms with E-state index < -0.39 is 17.7 Å². The van der Waals surface area contributed by atoms with Crippen molar-refractivity contribution in [3.05, 3.63) is 89.5 Å². The number of carbonyl (C=O) groups excluding carboxylic acids is 1. The second-order valence-electron chi connectivity index (χ2n) is 6.54. The van der Waals surface area contributed by atoms with Crippen molar-refractivity contribution in [1.82, 2.24) is 4.90 Å². The van der Waals surface area contributed by atoms with Crippen LogP contribution in [0.25, 0.3) is 11.1 Å². The number of halogens is 2. The fourth-order valence-electron chi connectivity index (χ4n) is 3.11. The first-order valence-corrected chi connectivity index (χ1v) is 8.88. The molecule has 5 heteroatoms. The molecular formula is C23H21F2NO2. The maximum Gasteiger partial charge on any atom is 0.254 e. The molecule has 28 heavy (non-hydrogen) atoms. The summed E-state index contributed by atoms with van der Waals surface area (Å²) in [6.45, 7) is 1.66. The summed E-state index contributed by atoms with van der Waals surface area (Å²) in [6, 6.07) is 17.3. The number of nitrogens with zero attached hydrogens (tertiary/aromatic N) is 1. The monoisotopic (exact) mass is 381 g/mol. The maximum atomic E-state index is 14.1. The molecule has 0 saturated carbocycles. The van der Waals surface area contributed by atoms with E-state index in [2.05, 4.69) is 0 Å². The Labute approximate surface area is 163 Å². The predicted molar refractivity (Wildman–Crippen MR) is 105 cm³/mol. The Kier molecular flexibility index (Phi) is 5.73. The number of methoxy groups -OCH3 is 1. The molecule has 0 fully saturated rings. The highest BCUT2D eigenvalue weighted by Crippen LogP contribution is 2.32. The molecule has 0 N–H and O–H groups in total. The SMILES string of the molecule is COc1ccc(C(=O)N(C)[C@H](C)c2cc(F)ccc2F)cc1-c1ccccc1. The fourth-order valence-corrected chi connectivity index (χ4v) is 3.11. The normalized spacial score (nSPS) is 11.8. The minimum atomic E-state index is -0.634. The lowest BCUT2D eigenvalue weighted by Crippen LogP contribution is -2.30. The lowest BCUT2D eigenvalue weighted by molar-refractivity contribution is 0.0740. The number of hydrogen-bond donors (Lipinski definition) is 0. The molecule has 0 aliphatic carbocycles. The lowest BCUT2D eigenvalue weighted by Gasteiger charge is -2.26. The first kappa shape index (κ1) is 19.5. The Morgan fingerprint density at radius 2 is 1.71 bits per heavy atom. The molecule has 0 aromatic heterocycles. The molecule has 144 valence electrons. The van der Waals surface area contributed by atoms with Crippen molar-refractivity contribution in [2.24, 2.45) is 0 Å². The highest BCUT2D eigenvalue weighted by atomic mass is 19.1. The molecule has 1 atom stereocenters. The van der Waals surface area contributed by atoms with Crippen LogP contribution in [0, 0.1) is 11.6 Å². The van der Waals surface area contributed by atoms with Gasteiger partial charge in [0.15, 0.2) is 0 Å². The molecule has 0 unspecified atom stereocenters. The molecule has 3 nitrogen and oxygen atoms in total. The van der Waals surface area contributed by atoms with Crippen LogP contribution in [0.1, 0.15) is 28.9 Å². The van der Waals surface area contributed by atoms with Gasteiger partial charge in [-0.25, -0.2) is 8.78 Å². The quantitative estimate of drug-likeness (QED) is 0.586. The van der Waals surface area contributed by atoms with Crippen molar-refractivity contribution < 1.29 is 18.3 Å². The standard InChI is InChI=1S/C23H21F2NO2/c1-15(19-14-18(24)10-11-21(19)25)26(2)23(27)17-9-12-22(28-3)20(13-17)16-7-5-4-6-8-16/h4-15H,1-3H3/t15-/m1/s1. The van der Waals surface area contributed by atoms with E-state index in [4.69, 9.17) is 4.74 Å². The molecule has 1 amide bonds. The van der Waals surface area contributed by atoms with Gasteiger partial charge in [-0.15, -0.1) is 0 Å². The predicted octanol–water partition coefficient (Wildman–Crippen LogP) is 5.47. The maximum absolute atomic E-state index is 14.1. The number of ether oxygens (including phenoxy) is 1. The van der Waals surface area contributed by atoms with Gasteiger partial charge in [0, 0.05) is 23.7 Å². The van der Waals surface area contributed by atoms with Gasteiger partial charge in [0.25, 0.3) is 5.91 Å². The van der Waals surface area contributed by atoms with Gasteiger partial charge in [-0.2, -0.15) is 0 Å². The van der Waals surface area contributed by atoms with Crippen molar-refractivity contribution in [3.63, 3.8) is 0 Å². The van der Waals surface area contributed by atoms with Crippen LogP contribution in [-0.2, 0) is 0 Å². The number of carbonyl (C=O) groups is 1. The minimum Gasteiger partial charge on any atom is -0.496 e. The summed E-state index contributed by atoms with van der Waals surface area (Å²) in [5, 5.41) is 0. The molecule has 0 bridgehead atoms. The van der Waals surface area contributed by atoms with Crippen molar-refractivity contribution >= 4 is 5.91 Å². The van der Waals surface area contributed by atoms with E-state index in [-0.39, 0.29) is 11.5 Å². The molecule has 0 heterocycles. The molecule has 0 aliphatic heterocycles. The zero-order chi connectivity index (χ0) is 20.3. The van der Waals surface area contributed by atoms with Gasteiger partial charge in [0.2, 0.25) is 0 Å². The van der Waals surface area contributed by atoms with Crippen molar-refractivity contribution in [3.8, 4) is 16.9 Å². The first-order chi connectivity index (χ1) is 13.4. The molecule has 3 rings (SSSR count). The van der Waals surface area contributed by atoms with Crippen molar-refractivity contribution in [2.75, 3.05) is 14.2 Å². The molecule has 3 aromatic rings. The van der Waals surface area contributed by atoms with Gasteiger partial charge in [-0.05, 0) is 48.9 Å². The van der Waals surface area contributed by atoms with Gasteiger partial charge in [0.05, 0.1) is 13.2 Å². The van der Waals surface area contributed by atoms with Crippen LogP contribution in [0.5, 0.6) is 5.75 Å². The molecular weight excluding hydrogens is 360 g/mol. The second-order valence-corrected chi connectivity index (χ2v) is 6.54. The Balaban J connectivity index is 1.94. The number of hydrogen-bond acceptors (Lipinski definition) is 2. The lowest BCUT2D eigenvalue weighted by atomic mass is 10.0. The van der Waals surface area contributed by atoms with Crippen molar-refractivity contribution in [1.29, 1.82) is 0 Å². The third-order valence-electron chi connectivity index (χ3n) is 4.84. The van der Waals surface area contributed by atoms with Gasteiger partial charge in [-0.3, -0.25) is 4.79 Å². The Morgan fingerprint density at radius 1 is 1.00 bits per heavy atom. The van der Waals surface area contributed by atoms with Crippen molar-refractivity contribution in [2.45, 2.75) is 13.0 Å². The first-order valence-electron chi connectivity index (χ1n) is 8.88. The molecule has 3 aromatic carbocycles. The van der Waals surface area contributed by atoms with Crippen LogP contribution >= 0.6 is 0 Å². The van der Waals surface area contributed by atoms with Gasteiger partial charge in [-0.1, -0.05) is 30.3 Å². The minimum absolute atomic E-state index is 0.132. The summed E-state index contributed by atoms with van der Waals surface area (Å²) in [6.07, 6.45) is 0. The van der Waals surface area contributed by atoms with E-state index in [0.29, 0.717) is 11.3 Å². The zero-order valence-corrected chi connectivity index (χ0v) is 15.9. The van der Waals surface area contributed by atoms with Crippen LogP contribution < -0.4 is 4.74 Å². The fraction of sp³-hybridized carbons (Fsp3) is 0.174. The van der Waals surface area contributed by atoms with Crippen LogP contribution in [0.15, 0.2) is 66.7 Å². The Morgan fingerprint density at radius 3 is 2.39 bits per heavy atom. The van der Waals surface area contributed by atoms with E-state index >= 15 is 0 Å². The summed E-state index contributed by atoms with van der Waals surface area (Å²) in [5.41, 5.74) is 2.27. The van der Waals surface area contributed by atoms with Crippen LogP contribution in [0.3, 0.4) is 0 Å². The largest absolute Gasteiger partial charge is 0.496 e. The van der Waals surface area contributed by atoms with Crippen LogP contribution in [0.4, 0.5) is 8.78 Å². The van der Waals surface area contributed by atoms with E-state index in [0.717, 1.165) is 29.3 Å². The Hall–Kier alpha value is -3.21. The number of rotatable bonds is 5. The smallest absolute Gasteiger partial charge is 0.254 e. The second kappa shape index (κ2) is 8.21. The highest BCUT2D eigenvalue weighted by Gasteiger charge is 2.23. The van der Waals surface area contributed by atoms with Gasteiger partial charge >= 0.3 is 0 Å². The van der Waals surface area contributed by atoms with E-state index in [1.165, 1.54) is 4.90 Å². The summed E-state index contributed by atoms with van der Waals surface area (Å²) >= 11 is 0. The summed E-state index contributed by atoms with van der Waals surface area (Å²) in [4.78, 5) is 14.4. The molecule has 0 spiro atoms. The molecule has 0 radical (unpaired) electrons. The zero-order valence-electron chi connectivity index (χ0n) is 15.9. The van der Waals surface area contributed by atoms with Gasteiger partial charge in [0.1, 0.15) is 17.4 Å². The topological polar surface area (TPSA) is 29.5 Å². The average Bonchev–Trinajstić information content (AvgIpc) is 2.74. The van der Waals surface area contributed by atoms with E-state index in [1.54, 1.807) is 39.3 Å². The average molecular weight is 381 g/mol.